The molecule has 0 saturated carbocycles. The zero-order valence-corrected chi connectivity index (χ0v) is 16.0. The van der Waals surface area contributed by atoms with E-state index in [4.69, 9.17) is 4.42 Å². The summed E-state index contributed by atoms with van der Waals surface area (Å²) in [5, 5.41) is 17.0. The first-order chi connectivity index (χ1) is 14.2. The topological polar surface area (TPSA) is 97.5 Å². The predicted octanol–water partition coefficient (Wildman–Crippen LogP) is 3.32. The van der Waals surface area contributed by atoms with E-state index < -0.39 is 0 Å². The Hall–Kier alpha value is -3.78. The van der Waals surface area contributed by atoms with Gasteiger partial charge in [-0.05, 0) is 18.7 Å². The van der Waals surface area contributed by atoms with Crippen molar-refractivity contribution in [1.29, 1.82) is 0 Å². The van der Waals surface area contributed by atoms with Gasteiger partial charge in [-0.2, -0.15) is 5.10 Å². The minimum absolute atomic E-state index is 0.174. The quantitative estimate of drug-likeness (QED) is 0.482. The van der Waals surface area contributed by atoms with Gasteiger partial charge in [-0.15, -0.1) is 10.2 Å². The van der Waals surface area contributed by atoms with Crippen molar-refractivity contribution < 1.29 is 4.42 Å². The van der Waals surface area contributed by atoms with Crippen molar-refractivity contribution in [2.75, 3.05) is 7.05 Å². The van der Waals surface area contributed by atoms with Gasteiger partial charge in [0.1, 0.15) is 11.7 Å². The number of aryl methyl sites for hydroxylation is 1. The van der Waals surface area contributed by atoms with E-state index in [0.29, 0.717) is 11.8 Å². The fourth-order valence-corrected chi connectivity index (χ4v) is 3.45. The molecule has 4 aromatic heterocycles. The number of nitrogens with zero attached hydrogens (tertiary/aromatic N) is 5. The normalized spacial score (nSPS) is 12.5. The van der Waals surface area contributed by atoms with Crippen molar-refractivity contribution in [3.05, 3.63) is 72.6 Å². The lowest BCUT2D eigenvalue weighted by Gasteiger charge is -2.11. The van der Waals surface area contributed by atoms with Crippen LogP contribution in [0.1, 0.15) is 17.5 Å². The van der Waals surface area contributed by atoms with Gasteiger partial charge in [0.2, 0.25) is 11.8 Å². The predicted molar refractivity (Wildman–Crippen MR) is 109 cm³/mol. The van der Waals surface area contributed by atoms with Gasteiger partial charge >= 0.3 is 0 Å². The Labute approximate surface area is 166 Å². The second kappa shape index (κ2) is 6.99. The zero-order valence-electron chi connectivity index (χ0n) is 16.0. The summed E-state index contributed by atoms with van der Waals surface area (Å²) in [6, 6.07) is 11.9. The molecular formula is C21H19N7O. The van der Waals surface area contributed by atoms with Crippen LogP contribution >= 0.6 is 0 Å². The summed E-state index contributed by atoms with van der Waals surface area (Å²) in [5.74, 6) is 0.965. The van der Waals surface area contributed by atoms with Gasteiger partial charge < -0.3 is 14.7 Å². The lowest BCUT2D eigenvalue weighted by atomic mass is 10.1. The van der Waals surface area contributed by atoms with E-state index in [-0.39, 0.29) is 6.04 Å². The highest BCUT2D eigenvalue weighted by Gasteiger charge is 2.21. The number of aromatic amines is 1. The lowest BCUT2D eigenvalue weighted by Crippen LogP contribution is -2.17. The van der Waals surface area contributed by atoms with Crippen molar-refractivity contribution in [3.8, 4) is 22.6 Å². The van der Waals surface area contributed by atoms with Crippen molar-refractivity contribution >= 4 is 11.0 Å². The van der Waals surface area contributed by atoms with Crippen LogP contribution in [0.15, 0.2) is 65.6 Å². The fourth-order valence-electron chi connectivity index (χ4n) is 3.45. The van der Waals surface area contributed by atoms with Crippen LogP contribution in [0.2, 0.25) is 0 Å². The Morgan fingerprint density at radius 3 is 2.72 bits per heavy atom. The van der Waals surface area contributed by atoms with Gasteiger partial charge in [0.05, 0.1) is 11.8 Å². The van der Waals surface area contributed by atoms with Crippen LogP contribution in [-0.4, -0.2) is 37.0 Å². The third kappa shape index (κ3) is 3.09. The van der Waals surface area contributed by atoms with Crippen molar-refractivity contribution in [3.63, 3.8) is 0 Å². The average molecular weight is 385 g/mol. The maximum atomic E-state index is 6.04. The molecule has 0 aliphatic carbocycles. The summed E-state index contributed by atoms with van der Waals surface area (Å²) in [4.78, 5) is 7.70. The number of aromatic nitrogens is 6. The second-order valence-electron chi connectivity index (χ2n) is 6.80. The maximum absolute atomic E-state index is 6.04. The Kier molecular flexibility index (Phi) is 4.18. The standard InChI is InChI=1S/C21H19N7O/c1-22-18(13-6-4-3-5-7-13)21-27-26-20(29-21)17-11-24-19-16(17)8-14(9-23-19)15-10-25-28(2)12-15/h3-12,18,22H,1-2H3,(H,23,24)/t18-/m0/s1. The van der Waals surface area contributed by atoms with E-state index in [1.807, 2.05) is 69.2 Å². The number of hydrogen-bond acceptors (Lipinski definition) is 6. The molecule has 0 aliphatic rings. The number of rotatable bonds is 5. The van der Waals surface area contributed by atoms with E-state index in [1.165, 1.54) is 0 Å². The third-order valence-electron chi connectivity index (χ3n) is 4.91. The van der Waals surface area contributed by atoms with Crippen LogP contribution < -0.4 is 5.32 Å². The van der Waals surface area contributed by atoms with E-state index in [1.54, 1.807) is 4.68 Å². The summed E-state index contributed by atoms with van der Waals surface area (Å²) in [6.45, 7) is 0. The molecule has 1 atom stereocenters. The Morgan fingerprint density at radius 2 is 1.97 bits per heavy atom. The first-order valence-corrected chi connectivity index (χ1v) is 9.25. The summed E-state index contributed by atoms with van der Waals surface area (Å²) in [7, 11) is 3.76. The van der Waals surface area contributed by atoms with Crippen LogP contribution in [0.25, 0.3) is 33.6 Å². The molecular weight excluding hydrogens is 366 g/mol. The minimum atomic E-state index is -0.174. The van der Waals surface area contributed by atoms with Crippen LogP contribution in [0.3, 0.4) is 0 Å². The molecule has 8 heteroatoms. The maximum Gasteiger partial charge on any atom is 0.250 e. The first kappa shape index (κ1) is 17.3. The molecule has 5 rings (SSSR count). The molecule has 0 fully saturated rings. The number of fused-ring (bicyclic) bond motifs is 1. The van der Waals surface area contributed by atoms with Gasteiger partial charge in [-0.1, -0.05) is 30.3 Å². The molecule has 1 aromatic carbocycles. The Morgan fingerprint density at radius 1 is 1.10 bits per heavy atom. The average Bonchev–Trinajstić information content (AvgIpc) is 3.48. The van der Waals surface area contributed by atoms with E-state index >= 15 is 0 Å². The van der Waals surface area contributed by atoms with Crippen LogP contribution in [0.5, 0.6) is 0 Å². The summed E-state index contributed by atoms with van der Waals surface area (Å²) in [6.07, 6.45) is 7.44. The molecule has 0 spiro atoms. The molecule has 0 amide bonds. The Bertz CT molecular complexity index is 1270. The summed E-state index contributed by atoms with van der Waals surface area (Å²) in [5.41, 5.74) is 4.62. The van der Waals surface area contributed by atoms with Crippen molar-refractivity contribution in [2.24, 2.45) is 7.05 Å². The van der Waals surface area contributed by atoms with E-state index in [2.05, 4.69) is 36.6 Å². The highest BCUT2D eigenvalue weighted by molar-refractivity contribution is 5.93. The SMILES string of the molecule is CN[C@@H](c1ccccc1)c1nnc(-c2c[nH]c3ncc(-c4cnn(C)c4)cc23)o1. The third-order valence-corrected chi connectivity index (χ3v) is 4.91. The molecule has 8 nitrogen and oxygen atoms in total. The zero-order chi connectivity index (χ0) is 19.8. The number of H-pyrrole nitrogens is 1. The monoisotopic (exact) mass is 385 g/mol. The molecule has 0 bridgehead atoms. The van der Waals surface area contributed by atoms with Gasteiger partial charge in [-0.3, -0.25) is 4.68 Å². The largest absolute Gasteiger partial charge is 0.419 e. The van der Waals surface area contributed by atoms with E-state index in [0.717, 1.165) is 33.3 Å². The molecule has 144 valence electrons. The minimum Gasteiger partial charge on any atom is -0.419 e. The molecule has 0 unspecified atom stereocenters. The van der Waals surface area contributed by atoms with Crippen LogP contribution in [0.4, 0.5) is 0 Å². The lowest BCUT2D eigenvalue weighted by molar-refractivity contribution is 0.456. The Balaban J connectivity index is 1.54. The molecule has 0 radical (unpaired) electrons. The van der Waals surface area contributed by atoms with Gasteiger partial charge in [0.15, 0.2) is 0 Å². The molecule has 0 aliphatic heterocycles. The summed E-state index contributed by atoms with van der Waals surface area (Å²) >= 11 is 0. The van der Waals surface area contributed by atoms with Crippen molar-refractivity contribution in [2.45, 2.75) is 6.04 Å². The first-order valence-electron chi connectivity index (χ1n) is 9.25. The van der Waals surface area contributed by atoms with Crippen LogP contribution in [0, 0.1) is 0 Å². The number of hydrogen-bond donors (Lipinski definition) is 2. The van der Waals surface area contributed by atoms with Crippen LogP contribution in [-0.2, 0) is 7.05 Å². The summed E-state index contributed by atoms with van der Waals surface area (Å²) < 4.78 is 7.81. The number of pyridine rings is 1. The van der Waals surface area contributed by atoms with Crippen molar-refractivity contribution in [1.82, 2.24) is 35.3 Å². The second-order valence-corrected chi connectivity index (χ2v) is 6.80. The van der Waals surface area contributed by atoms with E-state index in [9.17, 15) is 0 Å². The molecule has 0 saturated heterocycles. The number of nitrogens with one attached hydrogen (secondary N) is 2. The highest BCUT2D eigenvalue weighted by atomic mass is 16.4. The fraction of sp³-hybridized carbons (Fsp3) is 0.143. The highest BCUT2D eigenvalue weighted by Crippen LogP contribution is 2.31. The molecule has 5 aromatic rings. The smallest absolute Gasteiger partial charge is 0.250 e. The van der Waals surface area contributed by atoms with Gasteiger partial charge in [0, 0.05) is 42.2 Å². The van der Waals surface area contributed by atoms with Gasteiger partial charge in [-0.25, -0.2) is 4.98 Å². The molecule has 29 heavy (non-hydrogen) atoms. The van der Waals surface area contributed by atoms with Gasteiger partial charge in [0.25, 0.3) is 0 Å². The molecule has 2 N–H and O–H groups in total. The number of benzene rings is 1. The molecule has 4 heterocycles.